The molecule has 4 N–H and O–H groups in total. The maximum atomic E-state index is 9.66. The quantitative estimate of drug-likeness (QED) is 0.515. The van der Waals surface area contributed by atoms with Crippen molar-refractivity contribution in [2.75, 3.05) is 0 Å². The van der Waals surface area contributed by atoms with E-state index in [1.165, 1.54) is 6.42 Å². The molecule has 2 aliphatic rings. The summed E-state index contributed by atoms with van der Waals surface area (Å²) < 4.78 is 0. The van der Waals surface area contributed by atoms with Gasteiger partial charge in [-0.05, 0) is 12.8 Å². The molecule has 0 atom stereocenters. The topological polar surface area (TPSA) is 85.7 Å². The van der Waals surface area contributed by atoms with Gasteiger partial charge in [0.2, 0.25) is 5.96 Å². The second kappa shape index (κ2) is 2.70. The minimum atomic E-state index is -0.546. The van der Waals surface area contributed by atoms with Gasteiger partial charge in [0.1, 0.15) is 11.4 Å². The molecular weight excluding hydrogens is 168 g/mol. The monoisotopic (exact) mass is 182 g/mol. The fourth-order valence-corrected chi connectivity index (χ4v) is 2.18. The predicted molar refractivity (Wildman–Crippen MR) is 48.8 cm³/mol. The van der Waals surface area contributed by atoms with Gasteiger partial charge in [-0.25, -0.2) is 5.06 Å². The highest BCUT2D eigenvalue weighted by atomic mass is 16.5. The van der Waals surface area contributed by atoms with E-state index in [1.807, 2.05) is 0 Å². The summed E-state index contributed by atoms with van der Waals surface area (Å²) >= 11 is 0. The maximum absolute atomic E-state index is 9.66. The number of rotatable bonds is 0. The summed E-state index contributed by atoms with van der Waals surface area (Å²) in [5, 5.41) is 17.9. The first-order chi connectivity index (χ1) is 6.17. The van der Waals surface area contributed by atoms with Crippen molar-refractivity contribution in [3.63, 3.8) is 0 Å². The first-order valence-electron chi connectivity index (χ1n) is 4.59. The van der Waals surface area contributed by atoms with E-state index in [0.29, 0.717) is 5.84 Å². The average molecular weight is 182 g/mol. The molecule has 0 saturated heterocycles. The Morgan fingerprint density at radius 2 is 2.00 bits per heavy atom. The molecule has 0 amide bonds. The number of hydrogen-bond donors (Lipinski definition) is 3. The van der Waals surface area contributed by atoms with E-state index in [1.54, 1.807) is 0 Å². The van der Waals surface area contributed by atoms with Crippen molar-refractivity contribution in [3.05, 3.63) is 0 Å². The molecule has 1 aliphatic heterocycles. The lowest BCUT2D eigenvalue weighted by Crippen LogP contribution is -2.53. The van der Waals surface area contributed by atoms with E-state index in [9.17, 15) is 5.21 Å². The number of nitrogens with two attached hydrogens (primary N) is 1. The Labute approximate surface area is 76.7 Å². The van der Waals surface area contributed by atoms with E-state index in [2.05, 4.69) is 4.99 Å². The van der Waals surface area contributed by atoms with Crippen LogP contribution in [-0.2, 0) is 0 Å². The summed E-state index contributed by atoms with van der Waals surface area (Å²) in [6, 6.07) is 0. The molecule has 1 spiro atoms. The predicted octanol–water partition coefficient (Wildman–Crippen LogP) is 0.686. The minimum Gasteiger partial charge on any atom is -0.385 e. The molecule has 0 aromatic heterocycles. The molecule has 0 bridgehead atoms. The van der Waals surface area contributed by atoms with E-state index in [0.717, 1.165) is 30.7 Å². The van der Waals surface area contributed by atoms with Gasteiger partial charge >= 0.3 is 0 Å². The molecule has 1 fully saturated rings. The largest absolute Gasteiger partial charge is 0.385 e. The summed E-state index contributed by atoms with van der Waals surface area (Å²) in [5.74, 6) is 0.277. The van der Waals surface area contributed by atoms with Crippen LogP contribution >= 0.6 is 0 Å². The van der Waals surface area contributed by atoms with Crippen molar-refractivity contribution >= 4 is 11.8 Å². The highest BCUT2D eigenvalue weighted by Gasteiger charge is 2.47. The Balaban J connectivity index is 2.30. The first kappa shape index (κ1) is 8.50. The fourth-order valence-electron chi connectivity index (χ4n) is 2.18. The molecule has 0 aromatic rings. The summed E-state index contributed by atoms with van der Waals surface area (Å²) in [7, 11) is 0. The van der Waals surface area contributed by atoms with Gasteiger partial charge in [-0.1, -0.05) is 19.3 Å². The van der Waals surface area contributed by atoms with E-state index < -0.39 is 5.54 Å². The molecule has 5 heteroatoms. The van der Waals surface area contributed by atoms with E-state index in [4.69, 9.17) is 11.1 Å². The van der Waals surface area contributed by atoms with Crippen molar-refractivity contribution < 1.29 is 5.21 Å². The third kappa shape index (κ3) is 1.03. The molecule has 2 rings (SSSR count). The molecule has 13 heavy (non-hydrogen) atoms. The molecule has 1 aliphatic carbocycles. The van der Waals surface area contributed by atoms with Crippen LogP contribution < -0.4 is 5.73 Å². The van der Waals surface area contributed by atoms with Crippen molar-refractivity contribution in [1.29, 1.82) is 5.41 Å². The lowest BCUT2D eigenvalue weighted by molar-refractivity contribution is -0.0866. The Kier molecular flexibility index (Phi) is 1.76. The van der Waals surface area contributed by atoms with Crippen molar-refractivity contribution in [1.82, 2.24) is 5.06 Å². The summed E-state index contributed by atoms with van der Waals surface area (Å²) in [6.45, 7) is 0. The van der Waals surface area contributed by atoms with Crippen LogP contribution in [0.15, 0.2) is 4.99 Å². The first-order valence-corrected chi connectivity index (χ1v) is 4.59. The van der Waals surface area contributed by atoms with Gasteiger partial charge in [0.15, 0.2) is 0 Å². The average Bonchev–Trinajstić information content (AvgIpc) is 2.34. The van der Waals surface area contributed by atoms with Crippen LogP contribution in [0.25, 0.3) is 0 Å². The molecule has 0 unspecified atom stereocenters. The maximum Gasteiger partial charge on any atom is 0.244 e. The number of nitrogens with zero attached hydrogens (tertiary/aromatic N) is 2. The number of aliphatic imine (C=N–C) groups is 1. The van der Waals surface area contributed by atoms with Gasteiger partial charge in [0.05, 0.1) is 0 Å². The van der Waals surface area contributed by atoms with Gasteiger partial charge in [-0.3, -0.25) is 10.6 Å². The normalized spacial score (nSPS) is 26.7. The van der Waals surface area contributed by atoms with Crippen molar-refractivity contribution in [2.24, 2.45) is 10.7 Å². The number of nitrogens with one attached hydrogen (secondary N) is 1. The van der Waals surface area contributed by atoms with Gasteiger partial charge < -0.3 is 5.73 Å². The molecular formula is C8H14N4O. The Morgan fingerprint density at radius 3 is 2.46 bits per heavy atom. The molecule has 1 heterocycles. The SMILES string of the molecule is N=C1N=C(N)C2(CCCCC2)N1O. The van der Waals surface area contributed by atoms with Crippen LogP contribution in [0.3, 0.4) is 0 Å². The highest BCUT2D eigenvalue weighted by Crippen LogP contribution is 2.35. The molecule has 1 saturated carbocycles. The Morgan fingerprint density at radius 1 is 1.38 bits per heavy atom. The third-order valence-corrected chi connectivity index (χ3v) is 2.99. The molecule has 5 nitrogen and oxygen atoms in total. The lowest BCUT2D eigenvalue weighted by Gasteiger charge is -2.37. The van der Waals surface area contributed by atoms with Crippen LogP contribution in [0.4, 0.5) is 0 Å². The number of guanidine groups is 1. The Hall–Kier alpha value is -1.10. The summed E-state index contributed by atoms with van der Waals surface area (Å²) in [4.78, 5) is 3.80. The van der Waals surface area contributed by atoms with E-state index >= 15 is 0 Å². The van der Waals surface area contributed by atoms with E-state index in [-0.39, 0.29) is 5.96 Å². The number of hydroxylamine groups is 2. The molecule has 72 valence electrons. The fraction of sp³-hybridized carbons (Fsp3) is 0.750. The van der Waals surface area contributed by atoms with Gasteiger partial charge in [0, 0.05) is 0 Å². The lowest BCUT2D eigenvalue weighted by atomic mass is 9.81. The highest BCUT2D eigenvalue weighted by molar-refractivity contribution is 6.05. The molecule has 0 aromatic carbocycles. The minimum absolute atomic E-state index is 0.126. The standard InChI is InChI=1S/C8H14N4O/c9-6-8(4-2-1-3-5-8)12(13)7(10)11-6/h13H,1-5H2,(H3,9,10,11). The van der Waals surface area contributed by atoms with Gasteiger partial charge in [-0.2, -0.15) is 4.99 Å². The third-order valence-electron chi connectivity index (χ3n) is 2.99. The van der Waals surface area contributed by atoms with Crippen LogP contribution in [0.2, 0.25) is 0 Å². The Bertz CT molecular complexity index is 267. The zero-order valence-electron chi connectivity index (χ0n) is 7.45. The smallest absolute Gasteiger partial charge is 0.244 e. The number of hydrogen-bond acceptors (Lipinski definition) is 3. The van der Waals surface area contributed by atoms with Gasteiger partial charge in [0.25, 0.3) is 0 Å². The number of amidine groups is 1. The van der Waals surface area contributed by atoms with Crippen LogP contribution in [-0.4, -0.2) is 27.6 Å². The van der Waals surface area contributed by atoms with Crippen LogP contribution in [0.1, 0.15) is 32.1 Å². The van der Waals surface area contributed by atoms with Crippen LogP contribution in [0.5, 0.6) is 0 Å². The zero-order chi connectivity index (χ0) is 9.47. The zero-order valence-corrected chi connectivity index (χ0v) is 7.45. The summed E-state index contributed by atoms with van der Waals surface area (Å²) in [5.41, 5.74) is 5.19. The second-order valence-electron chi connectivity index (χ2n) is 3.72. The van der Waals surface area contributed by atoms with Crippen molar-refractivity contribution in [3.8, 4) is 0 Å². The molecule has 0 radical (unpaired) electrons. The van der Waals surface area contributed by atoms with Crippen molar-refractivity contribution in [2.45, 2.75) is 37.6 Å². The summed E-state index contributed by atoms with van der Waals surface area (Å²) in [6.07, 6.45) is 4.87. The van der Waals surface area contributed by atoms with Crippen LogP contribution in [0, 0.1) is 5.41 Å². The second-order valence-corrected chi connectivity index (χ2v) is 3.72. The van der Waals surface area contributed by atoms with Gasteiger partial charge in [-0.15, -0.1) is 0 Å².